The third kappa shape index (κ3) is 4.91. The molecule has 1 aliphatic heterocycles. The number of ether oxygens (including phenoxy) is 2. The van der Waals surface area contributed by atoms with Crippen LogP contribution >= 0.6 is 0 Å². The first-order valence-corrected chi connectivity index (χ1v) is 8.93. The van der Waals surface area contributed by atoms with Crippen LogP contribution in [-0.4, -0.2) is 31.7 Å². The van der Waals surface area contributed by atoms with Crippen molar-refractivity contribution in [3.63, 3.8) is 0 Å². The molecule has 0 radical (unpaired) electrons. The Balaban J connectivity index is 1.71. The van der Waals surface area contributed by atoms with Gasteiger partial charge in [-0.2, -0.15) is 0 Å². The van der Waals surface area contributed by atoms with Crippen LogP contribution in [0.15, 0.2) is 72.4 Å². The number of aryl methyl sites for hydroxylation is 1. The SMILES string of the molecule is COC(=O)C1=CN(CCCc2ccccc2)NC(c2ccc(OC)cc2)=C1. The summed E-state index contributed by atoms with van der Waals surface area (Å²) in [5.74, 6) is 0.439. The number of methoxy groups -OCH3 is 2. The summed E-state index contributed by atoms with van der Waals surface area (Å²) >= 11 is 0. The van der Waals surface area contributed by atoms with Gasteiger partial charge in [-0.1, -0.05) is 30.3 Å². The summed E-state index contributed by atoms with van der Waals surface area (Å²) in [7, 11) is 3.03. The lowest BCUT2D eigenvalue weighted by Crippen LogP contribution is -2.36. The minimum absolute atomic E-state index is 0.351. The smallest absolute Gasteiger partial charge is 0.339 e. The molecule has 5 heteroatoms. The van der Waals surface area contributed by atoms with Crippen molar-refractivity contribution in [1.82, 2.24) is 10.4 Å². The molecule has 0 atom stereocenters. The molecule has 0 saturated heterocycles. The van der Waals surface area contributed by atoms with E-state index in [9.17, 15) is 4.79 Å². The lowest BCUT2D eigenvalue weighted by Gasteiger charge is -2.29. The fourth-order valence-electron chi connectivity index (χ4n) is 2.95. The van der Waals surface area contributed by atoms with E-state index in [4.69, 9.17) is 9.47 Å². The number of hydrogen-bond donors (Lipinski definition) is 1. The standard InChI is InChI=1S/C22H24N2O3/c1-26-20-12-10-18(11-13-20)21-15-19(22(25)27-2)16-24(23-21)14-6-9-17-7-4-3-5-8-17/h3-5,7-8,10-13,15-16,23H,6,9,14H2,1-2H3. The maximum Gasteiger partial charge on any atom is 0.339 e. The van der Waals surface area contributed by atoms with Gasteiger partial charge in [0.2, 0.25) is 0 Å². The van der Waals surface area contributed by atoms with Gasteiger partial charge < -0.3 is 9.47 Å². The van der Waals surface area contributed by atoms with Crippen molar-refractivity contribution in [1.29, 1.82) is 0 Å². The maximum absolute atomic E-state index is 12.1. The molecule has 0 amide bonds. The zero-order chi connectivity index (χ0) is 19.1. The highest BCUT2D eigenvalue weighted by molar-refractivity contribution is 5.94. The van der Waals surface area contributed by atoms with Crippen molar-refractivity contribution in [3.8, 4) is 5.75 Å². The Labute approximate surface area is 159 Å². The van der Waals surface area contributed by atoms with Crippen molar-refractivity contribution in [2.75, 3.05) is 20.8 Å². The first kappa shape index (κ1) is 18.6. The van der Waals surface area contributed by atoms with E-state index in [2.05, 4.69) is 17.6 Å². The Morgan fingerprint density at radius 3 is 2.44 bits per heavy atom. The summed E-state index contributed by atoms with van der Waals surface area (Å²) in [5.41, 5.74) is 7.01. The van der Waals surface area contributed by atoms with Gasteiger partial charge in [-0.05, 0) is 54.3 Å². The van der Waals surface area contributed by atoms with Crippen LogP contribution in [0.25, 0.3) is 5.70 Å². The minimum Gasteiger partial charge on any atom is -0.497 e. The zero-order valence-corrected chi connectivity index (χ0v) is 15.6. The summed E-state index contributed by atoms with van der Waals surface area (Å²) in [6.07, 6.45) is 5.53. The molecule has 0 bridgehead atoms. The molecule has 0 unspecified atom stereocenters. The van der Waals surface area contributed by atoms with E-state index < -0.39 is 0 Å². The van der Waals surface area contributed by atoms with E-state index in [1.165, 1.54) is 12.7 Å². The van der Waals surface area contributed by atoms with E-state index in [0.717, 1.165) is 36.4 Å². The van der Waals surface area contributed by atoms with Gasteiger partial charge >= 0.3 is 5.97 Å². The molecule has 3 rings (SSSR count). The van der Waals surface area contributed by atoms with Crippen molar-refractivity contribution >= 4 is 11.7 Å². The number of esters is 1. The van der Waals surface area contributed by atoms with Crippen LogP contribution in [0.1, 0.15) is 17.5 Å². The van der Waals surface area contributed by atoms with E-state index in [1.54, 1.807) is 19.4 Å². The van der Waals surface area contributed by atoms with E-state index in [0.29, 0.717) is 5.57 Å². The predicted molar refractivity (Wildman–Crippen MR) is 106 cm³/mol. The molecule has 2 aromatic rings. The van der Waals surface area contributed by atoms with Gasteiger partial charge in [0.25, 0.3) is 0 Å². The number of nitrogens with zero attached hydrogens (tertiary/aromatic N) is 1. The molecule has 0 aliphatic carbocycles. The van der Waals surface area contributed by atoms with Gasteiger partial charge in [0, 0.05) is 12.7 Å². The number of carbonyl (C=O) groups is 1. The fraction of sp³-hybridized carbons (Fsp3) is 0.227. The fourth-order valence-corrected chi connectivity index (χ4v) is 2.95. The number of hydrogen-bond acceptors (Lipinski definition) is 5. The number of hydrazine groups is 1. The summed E-state index contributed by atoms with van der Waals surface area (Å²) in [5, 5.41) is 1.94. The molecule has 0 spiro atoms. The highest BCUT2D eigenvalue weighted by Gasteiger charge is 2.18. The van der Waals surface area contributed by atoms with Gasteiger partial charge in [-0.15, -0.1) is 0 Å². The predicted octanol–water partition coefficient (Wildman–Crippen LogP) is 3.55. The summed E-state index contributed by atoms with van der Waals surface area (Å²) in [4.78, 5) is 12.1. The number of carbonyl (C=O) groups excluding carboxylic acids is 1. The van der Waals surface area contributed by atoms with Gasteiger partial charge in [-0.25, -0.2) is 4.79 Å². The van der Waals surface area contributed by atoms with Crippen LogP contribution in [0.3, 0.4) is 0 Å². The summed E-state index contributed by atoms with van der Waals surface area (Å²) < 4.78 is 10.1. The molecule has 0 aromatic heterocycles. The lowest BCUT2D eigenvalue weighted by atomic mass is 10.1. The van der Waals surface area contributed by atoms with Crippen LogP contribution in [0.5, 0.6) is 5.75 Å². The quantitative estimate of drug-likeness (QED) is 0.762. The topological polar surface area (TPSA) is 50.8 Å². The normalized spacial score (nSPS) is 13.3. The summed E-state index contributed by atoms with van der Waals surface area (Å²) in [6, 6.07) is 18.1. The third-order valence-electron chi connectivity index (χ3n) is 4.39. The molecular formula is C22H24N2O3. The number of benzene rings is 2. The molecule has 27 heavy (non-hydrogen) atoms. The monoisotopic (exact) mass is 364 g/mol. The second-order valence-electron chi connectivity index (χ2n) is 6.26. The van der Waals surface area contributed by atoms with E-state index in [-0.39, 0.29) is 5.97 Å². The molecule has 1 aliphatic rings. The van der Waals surface area contributed by atoms with Gasteiger partial charge in [-0.3, -0.25) is 10.4 Å². The number of rotatable bonds is 7. The van der Waals surface area contributed by atoms with Crippen LogP contribution in [-0.2, 0) is 16.0 Å². The second-order valence-corrected chi connectivity index (χ2v) is 6.26. The molecule has 1 heterocycles. The van der Waals surface area contributed by atoms with Crippen LogP contribution < -0.4 is 10.2 Å². The Hall–Kier alpha value is -3.21. The molecule has 0 fully saturated rings. The van der Waals surface area contributed by atoms with Crippen LogP contribution in [0.4, 0.5) is 0 Å². The second kappa shape index (κ2) is 8.94. The van der Waals surface area contributed by atoms with Crippen LogP contribution in [0, 0.1) is 0 Å². The Morgan fingerprint density at radius 2 is 1.78 bits per heavy atom. The third-order valence-corrected chi connectivity index (χ3v) is 4.39. The van der Waals surface area contributed by atoms with Crippen molar-refractivity contribution in [3.05, 3.63) is 83.6 Å². The first-order chi connectivity index (χ1) is 13.2. The Morgan fingerprint density at radius 1 is 1.04 bits per heavy atom. The highest BCUT2D eigenvalue weighted by atomic mass is 16.5. The maximum atomic E-state index is 12.1. The average molecular weight is 364 g/mol. The first-order valence-electron chi connectivity index (χ1n) is 8.93. The Bertz CT molecular complexity index is 826. The molecular weight excluding hydrogens is 340 g/mol. The van der Waals surface area contributed by atoms with E-state index in [1.807, 2.05) is 47.5 Å². The largest absolute Gasteiger partial charge is 0.497 e. The van der Waals surface area contributed by atoms with Gasteiger partial charge in [0.05, 0.1) is 25.5 Å². The van der Waals surface area contributed by atoms with Crippen LogP contribution in [0.2, 0.25) is 0 Å². The van der Waals surface area contributed by atoms with Gasteiger partial charge in [0.1, 0.15) is 5.75 Å². The van der Waals surface area contributed by atoms with E-state index >= 15 is 0 Å². The summed E-state index contributed by atoms with van der Waals surface area (Å²) in [6.45, 7) is 0.767. The molecule has 140 valence electrons. The molecule has 1 N–H and O–H groups in total. The molecule has 0 saturated carbocycles. The van der Waals surface area contributed by atoms with Crippen molar-refractivity contribution in [2.45, 2.75) is 12.8 Å². The number of nitrogens with one attached hydrogen (secondary N) is 1. The Kier molecular flexibility index (Phi) is 6.15. The highest BCUT2D eigenvalue weighted by Crippen LogP contribution is 2.22. The van der Waals surface area contributed by atoms with Crippen molar-refractivity contribution in [2.24, 2.45) is 0 Å². The molecule has 2 aromatic carbocycles. The minimum atomic E-state index is -0.351. The molecule has 5 nitrogen and oxygen atoms in total. The lowest BCUT2D eigenvalue weighted by molar-refractivity contribution is -0.135. The van der Waals surface area contributed by atoms with Crippen molar-refractivity contribution < 1.29 is 14.3 Å². The average Bonchev–Trinajstić information content (AvgIpc) is 2.73. The zero-order valence-electron chi connectivity index (χ0n) is 15.6. The van der Waals surface area contributed by atoms with Gasteiger partial charge in [0.15, 0.2) is 0 Å².